The number of anilines is 1. The molecule has 0 saturated heterocycles. The summed E-state index contributed by atoms with van der Waals surface area (Å²) in [5, 5.41) is 2.89. The number of amides is 1. The van der Waals surface area contributed by atoms with Gasteiger partial charge in [-0.05, 0) is 42.5 Å². The quantitative estimate of drug-likeness (QED) is 0.715. The molecule has 126 valence electrons. The third-order valence-corrected chi connectivity index (χ3v) is 5.28. The number of fused-ring (bicyclic) bond motifs is 3. The van der Waals surface area contributed by atoms with E-state index in [0.29, 0.717) is 5.13 Å². The molecule has 0 aliphatic heterocycles. The standard InChI is InChI=1S/C19H14F2N2OS/c20-13-8-4-9-14(21)16(13)18(24)23-19-22-15-10-3-6-11-5-1-2-7-12(11)17(15)25-19/h1-2,4-5,7-9H,3,6,10H2,(H,22,23,24). The first kappa shape index (κ1) is 15.9. The number of halogens is 2. The van der Waals surface area contributed by atoms with Crippen LogP contribution in [0.5, 0.6) is 0 Å². The Balaban J connectivity index is 1.68. The summed E-state index contributed by atoms with van der Waals surface area (Å²) < 4.78 is 27.5. The van der Waals surface area contributed by atoms with Crippen LogP contribution in [0.4, 0.5) is 13.9 Å². The molecule has 2 aromatic carbocycles. The van der Waals surface area contributed by atoms with Crippen LogP contribution < -0.4 is 5.32 Å². The largest absolute Gasteiger partial charge is 0.298 e. The van der Waals surface area contributed by atoms with Crippen LogP contribution in [0.1, 0.15) is 28.0 Å². The molecule has 3 nitrogen and oxygen atoms in total. The van der Waals surface area contributed by atoms with Gasteiger partial charge in [0.05, 0.1) is 10.6 Å². The van der Waals surface area contributed by atoms with Crippen LogP contribution in [-0.4, -0.2) is 10.9 Å². The first-order valence-electron chi connectivity index (χ1n) is 7.97. The number of nitrogens with zero attached hydrogens (tertiary/aromatic N) is 1. The van der Waals surface area contributed by atoms with E-state index in [1.54, 1.807) is 0 Å². The molecule has 0 unspecified atom stereocenters. The molecule has 0 saturated carbocycles. The lowest BCUT2D eigenvalue weighted by Crippen LogP contribution is -2.15. The Morgan fingerprint density at radius 3 is 2.60 bits per heavy atom. The van der Waals surface area contributed by atoms with E-state index in [1.165, 1.54) is 23.0 Å². The van der Waals surface area contributed by atoms with Crippen LogP contribution in [0.2, 0.25) is 0 Å². The van der Waals surface area contributed by atoms with Gasteiger partial charge < -0.3 is 0 Å². The van der Waals surface area contributed by atoms with Crippen LogP contribution in [0, 0.1) is 11.6 Å². The average molecular weight is 356 g/mol. The normalized spacial score (nSPS) is 12.9. The summed E-state index contributed by atoms with van der Waals surface area (Å²) in [6, 6.07) is 11.5. The van der Waals surface area contributed by atoms with Crippen molar-refractivity contribution in [2.24, 2.45) is 0 Å². The van der Waals surface area contributed by atoms with Crippen molar-refractivity contribution >= 4 is 22.4 Å². The number of rotatable bonds is 2. The van der Waals surface area contributed by atoms with Crippen molar-refractivity contribution in [3.63, 3.8) is 0 Å². The molecule has 1 aromatic heterocycles. The topological polar surface area (TPSA) is 42.0 Å². The molecule has 0 atom stereocenters. The second-order valence-corrected chi connectivity index (χ2v) is 6.86. The lowest BCUT2D eigenvalue weighted by molar-refractivity contribution is 0.101. The predicted molar refractivity (Wildman–Crippen MR) is 93.9 cm³/mol. The molecule has 0 spiro atoms. The zero-order chi connectivity index (χ0) is 17.4. The monoisotopic (exact) mass is 356 g/mol. The maximum Gasteiger partial charge on any atom is 0.263 e. The summed E-state index contributed by atoms with van der Waals surface area (Å²) in [5.41, 5.74) is 2.69. The van der Waals surface area contributed by atoms with Crippen LogP contribution in [0.3, 0.4) is 0 Å². The van der Waals surface area contributed by atoms with E-state index < -0.39 is 23.1 Å². The lowest BCUT2D eigenvalue weighted by atomic mass is 10.0. The molecule has 6 heteroatoms. The number of nitrogens with one attached hydrogen (secondary N) is 1. The molecule has 0 radical (unpaired) electrons. The number of hydrogen-bond acceptors (Lipinski definition) is 3. The Labute approximate surface area is 147 Å². The third-order valence-electron chi connectivity index (χ3n) is 4.23. The molecule has 1 heterocycles. The molecular formula is C19H14F2N2OS. The molecule has 25 heavy (non-hydrogen) atoms. The smallest absolute Gasteiger partial charge is 0.263 e. The van der Waals surface area contributed by atoms with Crippen molar-refractivity contribution in [3.05, 3.63) is 70.9 Å². The molecule has 4 rings (SSSR count). The summed E-state index contributed by atoms with van der Waals surface area (Å²) in [6.45, 7) is 0. The Hall–Kier alpha value is -2.60. The zero-order valence-corrected chi connectivity index (χ0v) is 14.0. The molecule has 1 amide bonds. The van der Waals surface area contributed by atoms with Crippen molar-refractivity contribution in [1.29, 1.82) is 0 Å². The highest BCUT2D eigenvalue weighted by molar-refractivity contribution is 7.19. The van der Waals surface area contributed by atoms with E-state index >= 15 is 0 Å². The van der Waals surface area contributed by atoms with Gasteiger partial charge in [-0.2, -0.15) is 0 Å². The Morgan fingerprint density at radius 2 is 1.80 bits per heavy atom. The Bertz CT molecular complexity index is 948. The minimum atomic E-state index is -0.888. The highest BCUT2D eigenvalue weighted by Gasteiger charge is 2.22. The summed E-state index contributed by atoms with van der Waals surface area (Å²) in [4.78, 5) is 17.7. The molecular weight excluding hydrogens is 342 g/mol. The van der Waals surface area contributed by atoms with Crippen molar-refractivity contribution in [2.75, 3.05) is 5.32 Å². The van der Waals surface area contributed by atoms with Gasteiger partial charge in [-0.15, -0.1) is 0 Å². The average Bonchev–Trinajstić information content (AvgIpc) is 2.89. The van der Waals surface area contributed by atoms with Crippen molar-refractivity contribution in [3.8, 4) is 10.4 Å². The van der Waals surface area contributed by atoms with E-state index in [4.69, 9.17) is 0 Å². The van der Waals surface area contributed by atoms with E-state index in [2.05, 4.69) is 16.4 Å². The molecule has 3 aromatic rings. The van der Waals surface area contributed by atoms with Gasteiger partial charge in [0.2, 0.25) is 0 Å². The lowest BCUT2D eigenvalue weighted by Gasteiger charge is -2.05. The fraction of sp³-hybridized carbons (Fsp3) is 0.158. The minimum absolute atomic E-state index is 0.356. The maximum atomic E-state index is 13.8. The first-order chi connectivity index (χ1) is 12.1. The first-order valence-corrected chi connectivity index (χ1v) is 8.78. The molecule has 1 aliphatic carbocycles. The van der Waals surface area contributed by atoms with Gasteiger partial charge in [-0.25, -0.2) is 13.8 Å². The number of carbonyl (C=O) groups is 1. The van der Waals surface area contributed by atoms with E-state index in [9.17, 15) is 13.6 Å². The molecule has 0 fully saturated rings. The van der Waals surface area contributed by atoms with Crippen molar-refractivity contribution in [2.45, 2.75) is 19.3 Å². The van der Waals surface area contributed by atoms with E-state index in [1.807, 2.05) is 18.2 Å². The highest BCUT2D eigenvalue weighted by Crippen LogP contribution is 2.38. The number of aromatic nitrogens is 1. The van der Waals surface area contributed by atoms with Crippen LogP contribution in [0.25, 0.3) is 10.4 Å². The van der Waals surface area contributed by atoms with Crippen molar-refractivity contribution in [1.82, 2.24) is 4.98 Å². The van der Waals surface area contributed by atoms with Crippen LogP contribution >= 0.6 is 11.3 Å². The summed E-state index contributed by atoms with van der Waals surface area (Å²) in [5.74, 6) is -2.60. The fourth-order valence-corrected chi connectivity index (χ4v) is 4.13. The van der Waals surface area contributed by atoms with Gasteiger partial charge in [-0.1, -0.05) is 41.7 Å². The Kier molecular flexibility index (Phi) is 4.05. The molecule has 1 N–H and O–H groups in total. The van der Waals surface area contributed by atoms with Gasteiger partial charge >= 0.3 is 0 Å². The SMILES string of the molecule is O=C(Nc1nc2c(s1)-c1ccccc1CCC2)c1c(F)cccc1F. The number of thiazole rings is 1. The van der Waals surface area contributed by atoms with Gasteiger partial charge in [0.1, 0.15) is 17.2 Å². The number of aryl methyl sites for hydroxylation is 2. The number of benzene rings is 2. The van der Waals surface area contributed by atoms with Gasteiger partial charge in [-0.3, -0.25) is 10.1 Å². The van der Waals surface area contributed by atoms with Gasteiger partial charge in [0.15, 0.2) is 5.13 Å². The summed E-state index contributed by atoms with van der Waals surface area (Å²) in [6.07, 6.45) is 2.77. The van der Waals surface area contributed by atoms with Crippen LogP contribution in [-0.2, 0) is 12.8 Å². The third kappa shape index (κ3) is 2.93. The number of hydrogen-bond donors (Lipinski definition) is 1. The number of carbonyl (C=O) groups excluding carboxylic acids is 1. The highest BCUT2D eigenvalue weighted by atomic mass is 32.1. The molecule has 1 aliphatic rings. The second-order valence-electron chi connectivity index (χ2n) is 5.86. The second kappa shape index (κ2) is 6.37. The summed E-state index contributed by atoms with van der Waals surface area (Å²) >= 11 is 1.34. The predicted octanol–water partition coefficient (Wildman–Crippen LogP) is 4.83. The minimum Gasteiger partial charge on any atom is -0.298 e. The van der Waals surface area contributed by atoms with Gasteiger partial charge in [0, 0.05) is 0 Å². The molecule has 0 bridgehead atoms. The zero-order valence-electron chi connectivity index (χ0n) is 13.2. The van der Waals surface area contributed by atoms with E-state index in [0.717, 1.165) is 47.5 Å². The fourth-order valence-electron chi connectivity index (χ4n) is 3.07. The van der Waals surface area contributed by atoms with Gasteiger partial charge in [0.25, 0.3) is 5.91 Å². The van der Waals surface area contributed by atoms with E-state index in [-0.39, 0.29) is 0 Å². The van der Waals surface area contributed by atoms with Crippen molar-refractivity contribution < 1.29 is 13.6 Å². The van der Waals surface area contributed by atoms with Crippen LogP contribution in [0.15, 0.2) is 42.5 Å². The summed E-state index contributed by atoms with van der Waals surface area (Å²) in [7, 11) is 0. The Morgan fingerprint density at radius 1 is 1.04 bits per heavy atom. The maximum absolute atomic E-state index is 13.8.